The van der Waals surface area contributed by atoms with Crippen LogP contribution in [0, 0.1) is 0 Å². The quantitative estimate of drug-likeness (QED) is 0.918. The minimum absolute atomic E-state index is 0.335. The van der Waals surface area contributed by atoms with Crippen molar-refractivity contribution >= 4 is 15.9 Å². The summed E-state index contributed by atoms with van der Waals surface area (Å²) in [6.07, 6.45) is 3.23. The van der Waals surface area contributed by atoms with Gasteiger partial charge in [-0.05, 0) is 35.2 Å². The molecular formula is C11H18BrN3O. The largest absolute Gasteiger partial charge is 0.372 e. The van der Waals surface area contributed by atoms with Crippen LogP contribution in [0.3, 0.4) is 0 Å². The Morgan fingerprint density at radius 1 is 1.56 bits per heavy atom. The lowest BCUT2D eigenvalue weighted by Crippen LogP contribution is -2.41. The zero-order chi connectivity index (χ0) is 11.7. The Morgan fingerprint density at radius 2 is 2.25 bits per heavy atom. The van der Waals surface area contributed by atoms with Crippen LogP contribution < -0.4 is 5.73 Å². The first-order valence-electron chi connectivity index (χ1n) is 5.69. The van der Waals surface area contributed by atoms with E-state index < -0.39 is 0 Å². The summed E-state index contributed by atoms with van der Waals surface area (Å²) in [5.74, 6) is 0. The highest BCUT2D eigenvalue weighted by molar-refractivity contribution is 9.10. The maximum absolute atomic E-state index is 5.78. The molecule has 1 heterocycles. The molecule has 0 bridgehead atoms. The smallest absolute Gasteiger partial charge is 0.0900 e. The fraction of sp³-hybridized carbons (Fsp3) is 0.727. The lowest BCUT2D eigenvalue weighted by Gasteiger charge is -2.32. The highest BCUT2D eigenvalue weighted by Gasteiger charge is 2.27. The molecule has 1 aromatic heterocycles. The lowest BCUT2D eigenvalue weighted by atomic mass is 9.90. The van der Waals surface area contributed by atoms with E-state index in [-0.39, 0.29) is 0 Å². The third kappa shape index (κ3) is 2.31. The predicted molar refractivity (Wildman–Crippen MR) is 66.1 cm³/mol. The Labute approximate surface area is 104 Å². The number of ether oxygens (including phenoxy) is 1. The van der Waals surface area contributed by atoms with Gasteiger partial charge in [0.05, 0.1) is 28.6 Å². The van der Waals surface area contributed by atoms with Gasteiger partial charge in [0.2, 0.25) is 0 Å². The first-order chi connectivity index (χ1) is 7.61. The van der Waals surface area contributed by atoms with Gasteiger partial charge in [0.15, 0.2) is 0 Å². The number of aryl methyl sites for hydroxylation is 2. The highest BCUT2D eigenvalue weighted by Crippen LogP contribution is 2.26. The van der Waals surface area contributed by atoms with E-state index in [0.29, 0.717) is 18.8 Å². The van der Waals surface area contributed by atoms with Crippen LogP contribution in [0.15, 0.2) is 4.47 Å². The summed E-state index contributed by atoms with van der Waals surface area (Å²) in [7, 11) is 1.95. The molecule has 0 atom stereocenters. The molecule has 1 aliphatic carbocycles. The van der Waals surface area contributed by atoms with Crippen molar-refractivity contribution in [2.45, 2.75) is 44.9 Å². The summed E-state index contributed by atoms with van der Waals surface area (Å²) in [4.78, 5) is 0. The summed E-state index contributed by atoms with van der Waals surface area (Å²) in [6.45, 7) is 2.71. The SMILES string of the molecule is CCc1nn(C)c(COC2CC(N)C2)c1Br. The molecule has 0 aromatic carbocycles. The van der Waals surface area contributed by atoms with Gasteiger partial charge in [-0.3, -0.25) is 4.68 Å². The summed E-state index contributed by atoms with van der Waals surface area (Å²) in [6, 6.07) is 0.339. The van der Waals surface area contributed by atoms with Crippen molar-refractivity contribution in [1.82, 2.24) is 9.78 Å². The van der Waals surface area contributed by atoms with Gasteiger partial charge in [0.25, 0.3) is 0 Å². The zero-order valence-corrected chi connectivity index (χ0v) is 11.3. The zero-order valence-electron chi connectivity index (χ0n) is 9.74. The number of rotatable bonds is 4. The third-order valence-corrected chi connectivity index (χ3v) is 4.01. The molecule has 90 valence electrons. The molecule has 2 rings (SSSR count). The van der Waals surface area contributed by atoms with Crippen LogP contribution >= 0.6 is 15.9 Å². The van der Waals surface area contributed by atoms with Crippen molar-refractivity contribution in [2.24, 2.45) is 12.8 Å². The molecule has 0 radical (unpaired) electrons. The summed E-state index contributed by atoms with van der Waals surface area (Å²) in [5.41, 5.74) is 7.91. The third-order valence-electron chi connectivity index (χ3n) is 3.09. The van der Waals surface area contributed by atoms with Gasteiger partial charge in [-0.25, -0.2) is 0 Å². The molecule has 0 unspecified atom stereocenters. The average molecular weight is 288 g/mol. The van der Waals surface area contributed by atoms with Crippen molar-refractivity contribution in [3.8, 4) is 0 Å². The Bertz CT molecular complexity index is 372. The minimum atomic E-state index is 0.335. The van der Waals surface area contributed by atoms with Crippen molar-refractivity contribution in [2.75, 3.05) is 0 Å². The van der Waals surface area contributed by atoms with Gasteiger partial charge in [-0.2, -0.15) is 5.10 Å². The normalized spacial score (nSPS) is 24.5. The maximum Gasteiger partial charge on any atom is 0.0900 e. The molecule has 1 aliphatic rings. The van der Waals surface area contributed by atoms with Gasteiger partial charge in [-0.15, -0.1) is 0 Å². The van der Waals surface area contributed by atoms with E-state index in [2.05, 4.69) is 28.0 Å². The number of nitrogens with two attached hydrogens (primary N) is 1. The van der Waals surface area contributed by atoms with E-state index in [4.69, 9.17) is 10.5 Å². The van der Waals surface area contributed by atoms with Crippen molar-refractivity contribution < 1.29 is 4.74 Å². The Balaban J connectivity index is 1.96. The topological polar surface area (TPSA) is 53.1 Å². The van der Waals surface area contributed by atoms with Gasteiger partial charge in [-0.1, -0.05) is 6.92 Å². The second-order valence-electron chi connectivity index (χ2n) is 4.35. The molecule has 1 saturated carbocycles. The van der Waals surface area contributed by atoms with Crippen molar-refractivity contribution in [3.63, 3.8) is 0 Å². The second-order valence-corrected chi connectivity index (χ2v) is 5.14. The van der Waals surface area contributed by atoms with Gasteiger partial charge >= 0.3 is 0 Å². The molecule has 16 heavy (non-hydrogen) atoms. The Kier molecular flexibility index (Phi) is 3.66. The molecule has 0 spiro atoms. The van der Waals surface area contributed by atoms with E-state index >= 15 is 0 Å². The van der Waals surface area contributed by atoms with Gasteiger partial charge < -0.3 is 10.5 Å². The first kappa shape index (κ1) is 12.1. The van der Waals surface area contributed by atoms with Gasteiger partial charge in [0, 0.05) is 13.1 Å². The number of hydrogen-bond acceptors (Lipinski definition) is 3. The number of halogens is 1. The van der Waals surface area contributed by atoms with Crippen molar-refractivity contribution in [1.29, 1.82) is 0 Å². The van der Waals surface area contributed by atoms with Crippen LogP contribution in [0.1, 0.15) is 31.2 Å². The highest BCUT2D eigenvalue weighted by atomic mass is 79.9. The van der Waals surface area contributed by atoms with Crippen LogP contribution in [-0.2, 0) is 24.8 Å². The fourth-order valence-electron chi connectivity index (χ4n) is 1.92. The molecule has 0 amide bonds. The molecule has 0 aliphatic heterocycles. The van der Waals surface area contributed by atoms with E-state index in [1.165, 1.54) is 0 Å². The fourth-order valence-corrected chi connectivity index (χ4v) is 2.65. The van der Waals surface area contributed by atoms with E-state index in [1.807, 2.05) is 11.7 Å². The van der Waals surface area contributed by atoms with E-state index in [9.17, 15) is 0 Å². The molecule has 1 fully saturated rings. The predicted octanol–water partition coefficient (Wildman–Crippen LogP) is 1.75. The van der Waals surface area contributed by atoms with Crippen LogP contribution in [0.2, 0.25) is 0 Å². The van der Waals surface area contributed by atoms with Crippen LogP contribution in [0.25, 0.3) is 0 Å². The molecule has 1 aromatic rings. The number of aromatic nitrogens is 2. The first-order valence-corrected chi connectivity index (χ1v) is 6.48. The van der Waals surface area contributed by atoms with E-state index in [1.54, 1.807) is 0 Å². The summed E-state index contributed by atoms with van der Waals surface area (Å²) >= 11 is 3.58. The second kappa shape index (κ2) is 4.85. The molecular weight excluding hydrogens is 270 g/mol. The molecule has 2 N–H and O–H groups in total. The van der Waals surface area contributed by atoms with Crippen LogP contribution in [0.4, 0.5) is 0 Å². The number of hydrogen-bond donors (Lipinski definition) is 1. The minimum Gasteiger partial charge on any atom is -0.372 e. The standard InChI is InChI=1S/C11H18BrN3O/c1-3-9-11(12)10(15(2)14-9)6-16-8-4-7(13)5-8/h7-8H,3-6,13H2,1-2H3. The summed E-state index contributed by atoms with van der Waals surface area (Å²) < 4.78 is 8.76. The van der Waals surface area contributed by atoms with Crippen LogP contribution in [0.5, 0.6) is 0 Å². The monoisotopic (exact) mass is 287 g/mol. The lowest BCUT2D eigenvalue weighted by molar-refractivity contribution is -0.0214. The Hall–Kier alpha value is -0.390. The summed E-state index contributed by atoms with van der Waals surface area (Å²) in [5, 5.41) is 4.43. The van der Waals surface area contributed by atoms with Gasteiger partial charge in [0.1, 0.15) is 0 Å². The van der Waals surface area contributed by atoms with Crippen molar-refractivity contribution in [3.05, 3.63) is 15.9 Å². The molecule has 0 saturated heterocycles. The average Bonchev–Trinajstić information content (AvgIpc) is 2.48. The maximum atomic E-state index is 5.78. The molecule has 5 heteroatoms. The van der Waals surface area contributed by atoms with E-state index in [0.717, 1.165) is 35.1 Å². The Morgan fingerprint density at radius 3 is 2.75 bits per heavy atom. The molecule has 4 nitrogen and oxygen atoms in total. The number of nitrogens with zero attached hydrogens (tertiary/aromatic N) is 2. The van der Waals surface area contributed by atoms with Crippen LogP contribution in [-0.4, -0.2) is 21.9 Å².